The van der Waals surface area contributed by atoms with Crippen LogP contribution >= 0.6 is 0 Å². The molecule has 0 N–H and O–H groups in total. The van der Waals surface area contributed by atoms with E-state index >= 15 is 0 Å². The van der Waals surface area contributed by atoms with Crippen LogP contribution in [0.5, 0.6) is 0 Å². The molecule has 2 aromatic carbocycles. The van der Waals surface area contributed by atoms with Gasteiger partial charge in [-0.3, -0.25) is 19.3 Å². The highest BCUT2D eigenvalue weighted by Crippen LogP contribution is 2.22. The number of carbonyl (C=O) groups is 3. The van der Waals surface area contributed by atoms with Crippen LogP contribution in [0, 0.1) is 0 Å². The van der Waals surface area contributed by atoms with Crippen LogP contribution in [-0.2, 0) is 4.79 Å². The number of aldehydes is 1. The molecule has 114 valence electrons. The van der Waals surface area contributed by atoms with Gasteiger partial charge in [-0.25, -0.2) is 0 Å². The normalized spacial score (nSPS) is 14.1. The number of carbonyl (C=O) groups excluding carboxylic acids is 3. The Morgan fingerprint density at radius 3 is 2.00 bits per heavy atom. The minimum absolute atomic E-state index is 0.260. The van der Waals surface area contributed by atoms with Gasteiger partial charge in [-0.1, -0.05) is 48.5 Å². The molecule has 0 saturated carbocycles. The van der Waals surface area contributed by atoms with Crippen LogP contribution in [0.15, 0.2) is 60.7 Å². The lowest BCUT2D eigenvalue weighted by molar-refractivity contribution is -0.103. The van der Waals surface area contributed by atoms with Crippen LogP contribution in [0.1, 0.15) is 32.7 Å². The molecule has 0 aromatic heterocycles. The van der Waals surface area contributed by atoms with E-state index in [2.05, 4.69) is 0 Å². The first-order valence-electron chi connectivity index (χ1n) is 7.38. The molecule has 0 fully saturated rings. The smallest absolute Gasteiger partial charge is 0.261 e. The van der Waals surface area contributed by atoms with E-state index in [1.54, 1.807) is 30.3 Å². The highest BCUT2D eigenvalue weighted by molar-refractivity contribution is 6.21. The Bertz CT molecular complexity index is 758. The van der Waals surface area contributed by atoms with Crippen LogP contribution in [0.25, 0.3) is 5.57 Å². The zero-order valence-corrected chi connectivity index (χ0v) is 12.4. The van der Waals surface area contributed by atoms with Gasteiger partial charge in [-0.15, -0.1) is 0 Å². The SMILES string of the molecule is O=C/C(=C/CCN1C(=O)c2ccccc2C1=O)c1ccccc1. The van der Waals surface area contributed by atoms with Gasteiger partial charge in [0.25, 0.3) is 11.8 Å². The lowest BCUT2D eigenvalue weighted by Crippen LogP contribution is -2.30. The van der Waals surface area contributed by atoms with Gasteiger partial charge in [0.2, 0.25) is 0 Å². The van der Waals surface area contributed by atoms with Gasteiger partial charge < -0.3 is 0 Å². The maximum atomic E-state index is 12.2. The molecule has 4 nitrogen and oxygen atoms in total. The summed E-state index contributed by atoms with van der Waals surface area (Å²) in [5, 5.41) is 0. The maximum absolute atomic E-state index is 12.2. The molecule has 0 atom stereocenters. The Hall–Kier alpha value is -3.01. The molecule has 2 aromatic rings. The lowest BCUT2D eigenvalue weighted by atomic mass is 10.1. The number of imide groups is 1. The molecular weight excluding hydrogens is 290 g/mol. The van der Waals surface area contributed by atoms with Crippen molar-refractivity contribution in [3.05, 3.63) is 77.4 Å². The van der Waals surface area contributed by atoms with Crippen LogP contribution in [0.3, 0.4) is 0 Å². The summed E-state index contributed by atoms with van der Waals surface area (Å²) in [6.07, 6.45) is 2.98. The van der Waals surface area contributed by atoms with Crippen LogP contribution in [-0.4, -0.2) is 29.5 Å². The number of hydrogen-bond acceptors (Lipinski definition) is 3. The fourth-order valence-corrected chi connectivity index (χ4v) is 2.66. The largest absolute Gasteiger partial charge is 0.298 e. The fourth-order valence-electron chi connectivity index (χ4n) is 2.66. The Morgan fingerprint density at radius 1 is 0.870 bits per heavy atom. The Morgan fingerprint density at radius 2 is 1.43 bits per heavy atom. The van der Waals surface area contributed by atoms with Crippen molar-refractivity contribution < 1.29 is 14.4 Å². The average Bonchev–Trinajstić information content (AvgIpc) is 2.84. The van der Waals surface area contributed by atoms with Gasteiger partial charge >= 0.3 is 0 Å². The Labute approximate surface area is 134 Å². The van der Waals surface area contributed by atoms with Crippen molar-refractivity contribution in [2.75, 3.05) is 6.54 Å². The minimum atomic E-state index is -0.272. The summed E-state index contributed by atoms with van der Waals surface area (Å²) in [5.41, 5.74) is 2.27. The van der Waals surface area contributed by atoms with Crippen molar-refractivity contribution in [2.45, 2.75) is 6.42 Å². The molecule has 0 saturated heterocycles. The first-order chi connectivity index (χ1) is 11.2. The number of fused-ring (bicyclic) bond motifs is 1. The van der Waals surface area contributed by atoms with Gasteiger partial charge in [0.05, 0.1) is 11.1 Å². The van der Waals surface area contributed by atoms with Crippen LogP contribution in [0.2, 0.25) is 0 Å². The highest BCUT2D eigenvalue weighted by atomic mass is 16.2. The van der Waals surface area contributed by atoms with E-state index in [-0.39, 0.29) is 18.4 Å². The first kappa shape index (κ1) is 14.9. The summed E-state index contributed by atoms with van der Waals surface area (Å²) in [6, 6.07) is 16.1. The molecule has 2 amide bonds. The van der Waals surface area contributed by atoms with Crippen molar-refractivity contribution in [2.24, 2.45) is 0 Å². The fraction of sp³-hybridized carbons (Fsp3) is 0.105. The maximum Gasteiger partial charge on any atom is 0.261 e. The summed E-state index contributed by atoms with van der Waals surface area (Å²) in [6.45, 7) is 0.260. The van der Waals surface area contributed by atoms with Gasteiger partial charge in [-0.05, 0) is 24.1 Å². The second-order valence-electron chi connectivity index (χ2n) is 5.24. The third kappa shape index (κ3) is 2.83. The molecule has 0 aliphatic carbocycles. The molecule has 1 aliphatic heterocycles. The summed E-state index contributed by atoms with van der Waals surface area (Å²) in [4.78, 5) is 36.9. The predicted molar refractivity (Wildman–Crippen MR) is 86.9 cm³/mol. The van der Waals surface area contributed by atoms with Gasteiger partial charge in [-0.2, -0.15) is 0 Å². The van der Waals surface area contributed by atoms with Crippen LogP contribution < -0.4 is 0 Å². The summed E-state index contributed by atoms with van der Waals surface area (Å²) in [5.74, 6) is -0.544. The molecular formula is C19H15NO3. The summed E-state index contributed by atoms with van der Waals surface area (Å²) < 4.78 is 0. The third-order valence-corrected chi connectivity index (χ3v) is 3.83. The predicted octanol–water partition coefficient (Wildman–Crippen LogP) is 2.96. The quantitative estimate of drug-likeness (QED) is 0.485. The molecule has 0 radical (unpaired) electrons. The van der Waals surface area contributed by atoms with Crippen molar-refractivity contribution in [1.82, 2.24) is 4.90 Å². The molecule has 0 spiro atoms. The Kier molecular flexibility index (Phi) is 4.15. The topological polar surface area (TPSA) is 54.5 Å². The van der Waals surface area contributed by atoms with Crippen molar-refractivity contribution in [3.8, 4) is 0 Å². The number of nitrogens with zero attached hydrogens (tertiary/aromatic N) is 1. The average molecular weight is 305 g/mol. The van der Waals surface area contributed by atoms with Crippen molar-refractivity contribution in [3.63, 3.8) is 0 Å². The second-order valence-corrected chi connectivity index (χ2v) is 5.24. The Balaban J connectivity index is 1.72. The monoisotopic (exact) mass is 305 g/mol. The standard InChI is InChI=1S/C19H15NO3/c21-13-15(14-7-2-1-3-8-14)9-6-12-20-18(22)16-10-4-5-11-17(16)19(20)23/h1-5,7-11,13H,6,12H2/b15-9-. The van der Waals surface area contributed by atoms with Gasteiger partial charge in [0.15, 0.2) is 0 Å². The first-order valence-corrected chi connectivity index (χ1v) is 7.38. The van der Waals surface area contributed by atoms with Crippen LogP contribution in [0.4, 0.5) is 0 Å². The highest BCUT2D eigenvalue weighted by Gasteiger charge is 2.34. The molecule has 4 heteroatoms. The molecule has 23 heavy (non-hydrogen) atoms. The zero-order valence-electron chi connectivity index (χ0n) is 12.4. The number of benzene rings is 2. The van der Waals surface area contributed by atoms with E-state index in [1.165, 1.54) is 4.90 Å². The molecule has 1 aliphatic rings. The molecule has 0 bridgehead atoms. The number of rotatable bonds is 5. The van der Waals surface area contributed by atoms with E-state index in [9.17, 15) is 14.4 Å². The number of hydrogen-bond donors (Lipinski definition) is 0. The lowest BCUT2D eigenvalue weighted by Gasteiger charge is -2.12. The number of amides is 2. The van der Waals surface area contributed by atoms with E-state index in [1.807, 2.05) is 30.3 Å². The zero-order chi connectivity index (χ0) is 16.2. The summed E-state index contributed by atoms with van der Waals surface area (Å²) >= 11 is 0. The number of allylic oxidation sites excluding steroid dienone is 1. The van der Waals surface area contributed by atoms with E-state index < -0.39 is 0 Å². The van der Waals surface area contributed by atoms with E-state index in [4.69, 9.17) is 0 Å². The third-order valence-electron chi connectivity index (χ3n) is 3.83. The molecule has 1 heterocycles. The van der Waals surface area contributed by atoms with Crippen molar-refractivity contribution in [1.29, 1.82) is 0 Å². The second kappa shape index (κ2) is 6.40. The summed E-state index contributed by atoms with van der Waals surface area (Å²) in [7, 11) is 0. The van der Waals surface area contributed by atoms with Gasteiger partial charge in [0, 0.05) is 12.1 Å². The minimum Gasteiger partial charge on any atom is -0.298 e. The van der Waals surface area contributed by atoms with Gasteiger partial charge in [0.1, 0.15) is 6.29 Å². The van der Waals surface area contributed by atoms with E-state index in [0.717, 1.165) is 11.8 Å². The molecule has 3 rings (SSSR count). The molecule has 0 unspecified atom stereocenters. The van der Waals surface area contributed by atoms with Crippen molar-refractivity contribution >= 4 is 23.7 Å². The van der Waals surface area contributed by atoms with E-state index in [0.29, 0.717) is 23.1 Å².